The van der Waals surface area contributed by atoms with Crippen molar-refractivity contribution in [2.45, 2.75) is 26.7 Å². The van der Waals surface area contributed by atoms with Crippen molar-refractivity contribution >= 4 is 49.3 Å². The van der Waals surface area contributed by atoms with Gasteiger partial charge in [0.2, 0.25) is 0 Å². The molecule has 0 atom stereocenters. The molecule has 0 N–H and O–H groups in total. The first kappa shape index (κ1) is 28.4. The van der Waals surface area contributed by atoms with Gasteiger partial charge in [0.1, 0.15) is 0 Å². The number of benzene rings is 5. The Kier molecular flexibility index (Phi) is 6.58. The van der Waals surface area contributed by atoms with Gasteiger partial charge in [0.25, 0.3) is 0 Å². The summed E-state index contributed by atoms with van der Waals surface area (Å²) in [7, 11) is 0. The summed E-state index contributed by atoms with van der Waals surface area (Å²) in [5, 5.41) is 4.78. The maximum absolute atomic E-state index is 5.52. The Bertz CT molecular complexity index is 2580. The van der Waals surface area contributed by atoms with Crippen molar-refractivity contribution in [1.29, 1.82) is 0 Å². The fourth-order valence-corrected chi connectivity index (χ4v) is 7.85. The van der Waals surface area contributed by atoms with Crippen molar-refractivity contribution in [1.82, 2.24) is 9.97 Å². The zero-order chi connectivity index (χ0) is 32.4. The maximum Gasteiger partial charge on any atom is 0.0787 e. The van der Waals surface area contributed by atoms with Crippen LogP contribution >= 0.6 is 0 Å². The van der Waals surface area contributed by atoms with Gasteiger partial charge in [-0.2, -0.15) is 0 Å². The van der Waals surface area contributed by atoms with Crippen molar-refractivity contribution in [3.8, 4) is 22.4 Å². The Morgan fingerprint density at radius 2 is 1.40 bits per heavy atom. The van der Waals surface area contributed by atoms with Gasteiger partial charge in [-0.3, -0.25) is 0 Å². The Hall–Kier alpha value is -5.86. The van der Waals surface area contributed by atoms with Crippen LogP contribution in [0.25, 0.3) is 71.7 Å². The molecule has 0 aliphatic heterocycles. The Morgan fingerprint density at radius 1 is 0.625 bits per heavy atom. The highest BCUT2D eigenvalue weighted by Gasteiger charge is 2.28. The number of pyridine rings is 2. The van der Waals surface area contributed by atoms with Crippen LogP contribution < -0.4 is 0 Å². The van der Waals surface area contributed by atoms with Crippen LogP contribution in [-0.2, 0) is 0 Å². The lowest BCUT2D eigenvalue weighted by Gasteiger charge is -2.24. The van der Waals surface area contributed by atoms with Crippen LogP contribution in [0.4, 0.5) is 0 Å². The number of rotatable bonds is 3. The minimum atomic E-state index is 0.954. The summed E-state index contributed by atoms with van der Waals surface area (Å²) in [6, 6.07) is 38.8. The normalized spacial score (nSPS) is 14.1. The fraction of sp³-hybridized carbons (Fsp3) is 0.0870. The number of aromatic nitrogens is 2. The predicted molar refractivity (Wildman–Crippen MR) is 204 cm³/mol. The molecule has 2 heterocycles. The molecule has 2 nitrogen and oxygen atoms in total. The summed E-state index contributed by atoms with van der Waals surface area (Å²) in [6.07, 6.45) is 11.3. The molecule has 2 heteroatoms. The second-order valence-electron chi connectivity index (χ2n) is 13.0. The molecule has 7 aromatic rings. The number of para-hydroxylation sites is 1. The minimum Gasteiger partial charge on any atom is -0.248 e. The van der Waals surface area contributed by atoms with E-state index in [1.807, 2.05) is 6.07 Å². The van der Waals surface area contributed by atoms with Gasteiger partial charge in [-0.05, 0) is 112 Å². The lowest BCUT2D eigenvalue weighted by Crippen LogP contribution is -2.04. The van der Waals surface area contributed by atoms with Crippen LogP contribution in [0.1, 0.15) is 46.4 Å². The molecule has 0 fully saturated rings. The van der Waals surface area contributed by atoms with Crippen LogP contribution in [0.2, 0.25) is 0 Å². The summed E-state index contributed by atoms with van der Waals surface area (Å²) < 4.78 is 0. The quantitative estimate of drug-likeness (QED) is 0.185. The van der Waals surface area contributed by atoms with Crippen LogP contribution in [-0.4, -0.2) is 9.97 Å². The molecule has 0 bridgehead atoms. The van der Waals surface area contributed by atoms with E-state index >= 15 is 0 Å². The molecule has 0 saturated heterocycles. The summed E-state index contributed by atoms with van der Waals surface area (Å²) in [5.74, 6) is 0. The summed E-state index contributed by atoms with van der Waals surface area (Å²) >= 11 is 0. The molecule has 0 saturated carbocycles. The van der Waals surface area contributed by atoms with Gasteiger partial charge in [-0.15, -0.1) is 0 Å². The Labute approximate surface area is 281 Å². The van der Waals surface area contributed by atoms with Crippen molar-refractivity contribution < 1.29 is 0 Å². The van der Waals surface area contributed by atoms with Crippen molar-refractivity contribution in [3.63, 3.8) is 0 Å². The van der Waals surface area contributed by atoms with E-state index in [-0.39, 0.29) is 0 Å². The fourth-order valence-electron chi connectivity index (χ4n) is 7.85. The van der Waals surface area contributed by atoms with Gasteiger partial charge in [0, 0.05) is 21.7 Å². The smallest absolute Gasteiger partial charge is 0.0787 e. The highest BCUT2D eigenvalue weighted by molar-refractivity contribution is 6.18. The van der Waals surface area contributed by atoms with Gasteiger partial charge in [-0.1, -0.05) is 116 Å². The van der Waals surface area contributed by atoms with E-state index in [4.69, 9.17) is 9.97 Å². The van der Waals surface area contributed by atoms with Gasteiger partial charge < -0.3 is 0 Å². The average Bonchev–Trinajstić information content (AvgIpc) is 3.28. The first-order valence-corrected chi connectivity index (χ1v) is 16.8. The molecule has 0 spiro atoms. The number of nitrogens with zero attached hydrogens (tertiary/aromatic N) is 2. The molecule has 0 amide bonds. The van der Waals surface area contributed by atoms with Gasteiger partial charge in [0.15, 0.2) is 0 Å². The second kappa shape index (κ2) is 11.1. The molecule has 2 aliphatic carbocycles. The van der Waals surface area contributed by atoms with Crippen LogP contribution in [0, 0.1) is 13.8 Å². The van der Waals surface area contributed by atoms with E-state index in [0.29, 0.717) is 0 Å². The number of fused-ring (bicyclic) bond motifs is 7. The molecular formula is C46H34N2. The van der Waals surface area contributed by atoms with Crippen LogP contribution in [0.15, 0.2) is 140 Å². The molecule has 48 heavy (non-hydrogen) atoms. The largest absolute Gasteiger partial charge is 0.248 e. The van der Waals surface area contributed by atoms with Crippen LogP contribution in [0.3, 0.4) is 0 Å². The number of allylic oxidation sites excluding steroid dienone is 6. The number of hydrogen-bond donors (Lipinski definition) is 0. The molecule has 9 rings (SSSR count). The number of hydrogen-bond acceptors (Lipinski definition) is 2. The van der Waals surface area contributed by atoms with Crippen molar-refractivity contribution in [2.24, 2.45) is 0 Å². The highest BCUT2D eigenvalue weighted by Crippen LogP contribution is 2.49. The predicted octanol–water partition coefficient (Wildman–Crippen LogP) is 12.1. The SMILES string of the molecule is C=C1C=C(c2ccccc2)c2c(c(C)c3c(C4=CCCC=C4)nc4cc(-c5ccc6ccccc6n5)ccc4c3c2C)-c2ccccc21. The lowest BCUT2D eigenvalue weighted by atomic mass is 9.80. The standard InChI is InChI=1S/C46H34N2/c1-28-26-38(31-14-6-4-7-15-31)44-29(2)43-37-24-22-34(40-25-23-32-16-10-13-21-39(32)47-40)27-41(37)48-46(33-17-8-5-9-18-33)45(43)30(3)42(44)36-20-12-11-19-35(28)36/h4,6-8,10-27H,1,5,9H2,2-3H3. The third kappa shape index (κ3) is 4.41. The zero-order valence-electron chi connectivity index (χ0n) is 27.2. The molecule has 228 valence electrons. The maximum atomic E-state index is 5.52. The summed E-state index contributed by atoms with van der Waals surface area (Å²) in [4.78, 5) is 10.6. The molecule has 0 radical (unpaired) electrons. The minimum absolute atomic E-state index is 0.954. The van der Waals surface area contributed by atoms with Gasteiger partial charge in [0.05, 0.1) is 22.4 Å². The zero-order valence-corrected chi connectivity index (χ0v) is 27.2. The Balaban J connectivity index is 1.41. The van der Waals surface area contributed by atoms with Gasteiger partial charge in [-0.25, -0.2) is 9.97 Å². The van der Waals surface area contributed by atoms with E-state index in [1.54, 1.807) is 0 Å². The molecular weight excluding hydrogens is 581 g/mol. The monoisotopic (exact) mass is 614 g/mol. The van der Waals surface area contributed by atoms with Gasteiger partial charge >= 0.3 is 0 Å². The van der Waals surface area contributed by atoms with E-state index < -0.39 is 0 Å². The summed E-state index contributed by atoms with van der Waals surface area (Å²) in [5.41, 5.74) is 17.1. The second-order valence-corrected chi connectivity index (χ2v) is 13.0. The topological polar surface area (TPSA) is 25.8 Å². The third-order valence-corrected chi connectivity index (χ3v) is 10.1. The van der Waals surface area contributed by atoms with Crippen LogP contribution in [0.5, 0.6) is 0 Å². The van der Waals surface area contributed by atoms with Crippen molar-refractivity contribution in [2.75, 3.05) is 0 Å². The highest BCUT2D eigenvalue weighted by atomic mass is 14.7. The molecule has 0 unspecified atom stereocenters. The van der Waals surface area contributed by atoms with E-state index in [0.717, 1.165) is 57.2 Å². The van der Waals surface area contributed by atoms with E-state index in [9.17, 15) is 0 Å². The first-order valence-electron chi connectivity index (χ1n) is 16.8. The average molecular weight is 615 g/mol. The molecule has 5 aromatic carbocycles. The molecule has 2 aromatic heterocycles. The van der Waals surface area contributed by atoms with E-state index in [2.05, 4.69) is 148 Å². The first-order chi connectivity index (χ1) is 23.6. The van der Waals surface area contributed by atoms with E-state index in [1.165, 1.54) is 60.9 Å². The summed E-state index contributed by atoms with van der Waals surface area (Å²) in [6.45, 7) is 9.19. The van der Waals surface area contributed by atoms with Crippen molar-refractivity contribution in [3.05, 3.63) is 174 Å². The number of aryl methyl sites for hydroxylation is 2. The lowest BCUT2D eigenvalue weighted by molar-refractivity contribution is 1.04. The molecule has 2 aliphatic rings. The third-order valence-electron chi connectivity index (χ3n) is 10.1. The Morgan fingerprint density at radius 3 is 2.23 bits per heavy atom.